The molecule has 0 aliphatic carbocycles. The standard InChI is InChI=1S/C21H32N2O5S/c1-4-5-6-11-22-20(24)15-28-21(25)18-7-9-19(10-8-18)29(26,27)23-13-16(2)12-17(3)14-23/h7-10,16-17H,4-6,11-15H2,1-3H3,(H,22,24)/t16-,17+. The highest BCUT2D eigenvalue weighted by molar-refractivity contribution is 7.89. The predicted octanol–water partition coefficient (Wildman–Crippen LogP) is 2.82. The van der Waals surface area contributed by atoms with Crippen LogP contribution in [0.2, 0.25) is 0 Å². The number of hydrogen-bond acceptors (Lipinski definition) is 5. The van der Waals surface area contributed by atoms with Gasteiger partial charge in [0.2, 0.25) is 10.0 Å². The fourth-order valence-corrected chi connectivity index (χ4v) is 5.26. The molecule has 1 amide bonds. The van der Waals surface area contributed by atoms with E-state index in [1.165, 1.54) is 28.6 Å². The number of piperidine rings is 1. The minimum atomic E-state index is -3.59. The highest BCUT2D eigenvalue weighted by atomic mass is 32.2. The van der Waals surface area contributed by atoms with Crippen molar-refractivity contribution in [2.75, 3.05) is 26.2 Å². The molecule has 29 heavy (non-hydrogen) atoms. The Morgan fingerprint density at radius 3 is 2.31 bits per heavy atom. The molecule has 1 N–H and O–H groups in total. The summed E-state index contributed by atoms with van der Waals surface area (Å²) in [6.45, 7) is 7.40. The highest BCUT2D eigenvalue weighted by Crippen LogP contribution is 2.26. The van der Waals surface area contributed by atoms with Gasteiger partial charge in [-0.25, -0.2) is 13.2 Å². The molecule has 0 radical (unpaired) electrons. The molecule has 0 saturated carbocycles. The second-order valence-electron chi connectivity index (χ2n) is 7.93. The predicted molar refractivity (Wildman–Crippen MR) is 111 cm³/mol. The maximum Gasteiger partial charge on any atom is 0.338 e. The Hall–Kier alpha value is -1.93. The van der Waals surface area contributed by atoms with Gasteiger partial charge in [-0.05, 0) is 48.9 Å². The van der Waals surface area contributed by atoms with Gasteiger partial charge in [0.25, 0.3) is 5.91 Å². The third kappa shape index (κ3) is 6.82. The number of ether oxygens (including phenoxy) is 1. The van der Waals surface area contributed by atoms with Crippen LogP contribution >= 0.6 is 0 Å². The zero-order chi connectivity index (χ0) is 21.4. The Balaban J connectivity index is 1.92. The number of sulfonamides is 1. The fraction of sp³-hybridized carbons (Fsp3) is 0.619. The van der Waals surface area contributed by atoms with Crippen molar-refractivity contribution in [3.8, 4) is 0 Å². The van der Waals surface area contributed by atoms with Crippen LogP contribution in [0.15, 0.2) is 29.2 Å². The molecule has 1 fully saturated rings. The Bertz CT molecular complexity index is 782. The van der Waals surface area contributed by atoms with E-state index in [-0.39, 0.29) is 23.0 Å². The largest absolute Gasteiger partial charge is 0.452 e. The van der Waals surface area contributed by atoms with Crippen LogP contribution in [-0.4, -0.2) is 50.8 Å². The van der Waals surface area contributed by atoms with Gasteiger partial charge in [-0.1, -0.05) is 33.6 Å². The van der Waals surface area contributed by atoms with Crippen molar-refractivity contribution in [3.63, 3.8) is 0 Å². The summed E-state index contributed by atoms with van der Waals surface area (Å²) in [5.74, 6) is -0.369. The molecule has 0 unspecified atom stereocenters. The summed E-state index contributed by atoms with van der Waals surface area (Å²) in [7, 11) is -3.59. The Morgan fingerprint density at radius 2 is 1.72 bits per heavy atom. The minimum Gasteiger partial charge on any atom is -0.452 e. The van der Waals surface area contributed by atoms with Crippen molar-refractivity contribution in [1.29, 1.82) is 0 Å². The van der Waals surface area contributed by atoms with Gasteiger partial charge in [0.05, 0.1) is 10.5 Å². The Kier molecular flexibility index (Phi) is 8.64. The molecule has 1 aliphatic rings. The van der Waals surface area contributed by atoms with Gasteiger partial charge in [0.1, 0.15) is 0 Å². The lowest BCUT2D eigenvalue weighted by Crippen LogP contribution is -2.42. The summed E-state index contributed by atoms with van der Waals surface area (Å²) >= 11 is 0. The topological polar surface area (TPSA) is 92.8 Å². The lowest BCUT2D eigenvalue weighted by atomic mass is 9.94. The molecule has 0 spiro atoms. The molecule has 1 aliphatic heterocycles. The molecular weight excluding hydrogens is 392 g/mol. The average Bonchev–Trinajstić information content (AvgIpc) is 2.68. The van der Waals surface area contributed by atoms with Crippen LogP contribution < -0.4 is 5.32 Å². The van der Waals surface area contributed by atoms with Crippen LogP contribution in [0.25, 0.3) is 0 Å². The molecule has 162 valence electrons. The second kappa shape index (κ2) is 10.7. The lowest BCUT2D eigenvalue weighted by Gasteiger charge is -2.34. The number of carbonyl (C=O) groups excluding carboxylic acids is 2. The van der Waals surface area contributed by atoms with E-state index in [2.05, 4.69) is 26.1 Å². The van der Waals surface area contributed by atoms with E-state index < -0.39 is 16.0 Å². The monoisotopic (exact) mass is 424 g/mol. The van der Waals surface area contributed by atoms with Crippen molar-refractivity contribution in [3.05, 3.63) is 29.8 Å². The quantitative estimate of drug-likeness (QED) is 0.486. The van der Waals surface area contributed by atoms with Gasteiger partial charge in [-0.3, -0.25) is 4.79 Å². The van der Waals surface area contributed by atoms with Gasteiger partial charge in [-0.2, -0.15) is 4.31 Å². The first-order valence-corrected chi connectivity index (χ1v) is 11.7. The first kappa shape index (κ1) is 23.3. The zero-order valence-corrected chi connectivity index (χ0v) is 18.3. The molecule has 2 rings (SSSR count). The van der Waals surface area contributed by atoms with E-state index in [4.69, 9.17) is 4.74 Å². The van der Waals surface area contributed by atoms with Gasteiger partial charge < -0.3 is 10.1 Å². The summed E-state index contributed by atoms with van der Waals surface area (Å²) in [6.07, 6.45) is 4.00. The molecular formula is C21H32N2O5S. The summed E-state index contributed by atoms with van der Waals surface area (Å²) in [4.78, 5) is 24.0. The third-order valence-corrected chi connectivity index (χ3v) is 6.85. The van der Waals surface area contributed by atoms with Crippen molar-refractivity contribution < 1.29 is 22.7 Å². The SMILES string of the molecule is CCCCCNC(=O)COC(=O)c1ccc(S(=O)(=O)N2C[C@H](C)C[C@H](C)C2)cc1. The van der Waals surface area contributed by atoms with Gasteiger partial charge in [0.15, 0.2) is 6.61 Å². The number of nitrogens with zero attached hydrogens (tertiary/aromatic N) is 1. The molecule has 0 bridgehead atoms. The van der Waals surface area contributed by atoms with E-state index in [1.54, 1.807) is 0 Å². The molecule has 0 aromatic heterocycles. The normalized spacial score (nSPS) is 20.2. The summed E-state index contributed by atoms with van der Waals surface area (Å²) in [5.41, 5.74) is 0.211. The van der Waals surface area contributed by atoms with Crippen LogP contribution in [0, 0.1) is 11.8 Å². The minimum absolute atomic E-state index is 0.156. The number of rotatable bonds is 9. The van der Waals surface area contributed by atoms with Crippen molar-refractivity contribution >= 4 is 21.9 Å². The second-order valence-corrected chi connectivity index (χ2v) is 9.86. The van der Waals surface area contributed by atoms with Crippen LogP contribution in [0.3, 0.4) is 0 Å². The van der Waals surface area contributed by atoms with E-state index >= 15 is 0 Å². The number of hydrogen-bond donors (Lipinski definition) is 1. The first-order valence-electron chi connectivity index (χ1n) is 10.3. The molecule has 1 heterocycles. The van der Waals surface area contributed by atoms with E-state index in [9.17, 15) is 18.0 Å². The molecule has 2 atom stereocenters. The Morgan fingerprint density at radius 1 is 1.10 bits per heavy atom. The number of benzene rings is 1. The van der Waals surface area contributed by atoms with Crippen molar-refractivity contribution in [2.24, 2.45) is 11.8 Å². The number of nitrogens with one attached hydrogen (secondary N) is 1. The van der Waals surface area contributed by atoms with Crippen LogP contribution in [-0.2, 0) is 19.6 Å². The fourth-order valence-electron chi connectivity index (χ4n) is 3.58. The average molecular weight is 425 g/mol. The van der Waals surface area contributed by atoms with Crippen molar-refractivity contribution in [2.45, 2.75) is 51.3 Å². The Labute approximate surface area is 173 Å². The lowest BCUT2D eigenvalue weighted by molar-refractivity contribution is -0.124. The van der Waals surface area contributed by atoms with Crippen molar-refractivity contribution in [1.82, 2.24) is 9.62 Å². The van der Waals surface area contributed by atoms with E-state index in [0.29, 0.717) is 31.5 Å². The number of amides is 1. The number of esters is 1. The molecule has 1 aromatic carbocycles. The van der Waals surface area contributed by atoms with E-state index in [0.717, 1.165) is 25.7 Å². The highest BCUT2D eigenvalue weighted by Gasteiger charge is 2.31. The first-order chi connectivity index (χ1) is 13.7. The maximum atomic E-state index is 12.9. The number of unbranched alkanes of at least 4 members (excludes halogenated alkanes) is 2. The molecule has 1 aromatic rings. The van der Waals surface area contributed by atoms with Crippen LogP contribution in [0.4, 0.5) is 0 Å². The van der Waals surface area contributed by atoms with Gasteiger partial charge in [-0.15, -0.1) is 0 Å². The molecule has 1 saturated heterocycles. The summed E-state index contributed by atoms with van der Waals surface area (Å²) < 4.78 is 32.3. The summed E-state index contributed by atoms with van der Waals surface area (Å²) in [5, 5.41) is 2.70. The molecule has 7 nitrogen and oxygen atoms in total. The van der Waals surface area contributed by atoms with Crippen LogP contribution in [0.1, 0.15) is 56.8 Å². The maximum absolute atomic E-state index is 12.9. The van der Waals surface area contributed by atoms with Crippen LogP contribution in [0.5, 0.6) is 0 Å². The zero-order valence-electron chi connectivity index (χ0n) is 17.5. The molecule has 8 heteroatoms. The van der Waals surface area contributed by atoms with Gasteiger partial charge >= 0.3 is 5.97 Å². The van der Waals surface area contributed by atoms with E-state index in [1.807, 2.05) is 0 Å². The number of carbonyl (C=O) groups is 2. The van der Waals surface area contributed by atoms with Gasteiger partial charge in [0, 0.05) is 19.6 Å². The summed E-state index contributed by atoms with van der Waals surface area (Å²) in [6, 6.07) is 5.68. The third-order valence-electron chi connectivity index (χ3n) is 5.00. The smallest absolute Gasteiger partial charge is 0.338 e.